The number of benzene rings is 3. The van der Waals surface area contributed by atoms with E-state index in [1.807, 2.05) is 84.2 Å². The Morgan fingerprint density at radius 3 is 2.06 bits per heavy atom. The van der Waals surface area contributed by atoms with Crippen LogP contribution in [-0.4, -0.2) is 25.1 Å². The molecule has 6 heteroatoms. The zero-order valence-corrected chi connectivity index (χ0v) is 18.1. The lowest BCUT2D eigenvalue weighted by Gasteiger charge is -2.17. The lowest BCUT2D eigenvalue weighted by molar-refractivity contribution is -0.116. The van der Waals surface area contributed by atoms with Crippen LogP contribution in [0.5, 0.6) is 11.5 Å². The number of amides is 1. The second kappa shape index (κ2) is 9.45. The molecule has 4 aromatic rings. The summed E-state index contributed by atoms with van der Waals surface area (Å²) in [6, 6.07) is 25.1. The number of hydrogen-bond acceptors (Lipinski definition) is 5. The molecule has 31 heavy (non-hydrogen) atoms. The van der Waals surface area contributed by atoms with Gasteiger partial charge in [0.25, 0.3) is 0 Å². The summed E-state index contributed by atoms with van der Waals surface area (Å²) >= 11 is 1.39. The Bertz CT molecular complexity index is 1120. The molecule has 0 spiro atoms. The van der Waals surface area contributed by atoms with Crippen LogP contribution in [0.3, 0.4) is 0 Å². The number of rotatable bonds is 7. The summed E-state index contributed by atoms with van der Waals surface area (Å²) in [6.45, 7) is 0. The molecule has 0 aliphatic heterocycles. The van der Waals surface area contributed by atoms with Gasteiger partial charge in [0.2, 0.25) is 5.91 Å². The topological polar surface area (TPSA) is 60.5 Å². The summed E-state index contributed by atoms with van der Waals surface area (Å²) in [7, 11) is 3.20. The van der Waals surface area contributed by atoms with Gasteiger partial charge in [-0.05, 0) is 29.3 Å². The van der Waals surface area contributed by atoms with E-state index >= 15 is 0 Å². The lowest BCUT2D eigenvalue weighted by Crippen LogP contribution is -2.22. The Morgan fingerprint density at radius 1 is 0.871 bits per heavy atom. The van der Waals surface area contributed by atoms with Crippen molar-refractivity contribution < 1.29 is 14.3 Å². The Morgan fingerprint density at radius 2 is 1.48 bits per heavy atom. The van der Waals surface area contributed by atoms with Gasteiger partial charge in [-0.2, -0.15) is 0 Å². The smallest absolute Gasteiger partial charge is 0.238 e. The summed E-state index contributed by atoms with van der Waals surface area (Å²) in [6.07, 6.45) is 0. The van der Waals surface area contributed by atoms with Crippen molar-refractivity contribution in [3.05, 3.63) is 95.4 Å². The van der Waals surface area contributed by atoms with Crippen molar-refractivity contribution in [3.8, 4) is 22.8 Å². The number of methoxy groups -OCH3 is 2. The molecule has 156 valence electrons. The van der Waals surface area contributed by atoms with E-state index in [1.54, 1.807) is 14.2 Å². The Labute approximate surface area is 185 Å². The van der Waals surface area contributed by atoms with Crippen molar-refractivity contribution >= 4 is 22.4 Å². The monoisotopic (exact) mass is 430 g/mol. The van der Waals surface area contributed by atoms with Crippen LogP contribution >= 0.6 is 11.3 Å². The van der Waals surface area contributed by atoms with Gasteiger partial charge in [-0.15, -0.1) is 11.3 Å². The minimum absolute atomic E-state index is 0.120. The van der Waals surface area contributed by atoms with Crippen LogP contribution in [-0.2, 0) is 4.79 Å². The maximum Gasteiger partial charge on any atom is 0.238 e. The molecule has 1 aromatic heterocycles. The summed E-state index contributed by atoms with van der Waals surface area (Å²) in [4.78, 5) is 17.9. The molecule has 4 rings (SSSR count). The number of carbonyl (C=O) groups excluding carboxylic acids is 1. The average Bonchev–Trinajstić information content (AvgIpc) is 3.28. The highest BCUT2D eigenvalue weighted by Gasteiger charge is 2.23. The van der Waals surface area contributed by atoms with Crippen LogP contribution in [0.2, 0.25) is 0 Å². The van der Waals surface area contributed by atoms with Crippen LogP contribution in [0.25, 0.3) is 11.3 Å². The molecular weight excluding hydrogens is 408 g/mol. The minimum Gasteiger partial charge on any atom is -0.493 e. The molecule has 3 aromatic carbocycles. The fourth-order valence-corrected chi connectivity index (χ4v) is 4.15. The van der Waals surface area contributed by atoms with E-state index in [0.717, 1.165) is 22.4 Å². The highest BCUT2D eigenvalue weighted by Crippen LogP contribution is 2.34. The summed E-state index contributed by atoms with van der Waals surface area (Å²) in [5.41, 5.74) is 3.51. The third kappa shape index (κ3) is 4.59. The second-order valence-corrected chi connectivity index (χ2v) is 7.71. The van der Waals surface area contributed by atoms with E-state index in [-0.39, 0.29) is 5.91 Å². The molecule has 5 nitrogen and oxygen atoms in total. The molecular formula is C25H22N2O3S. The van der Waals surface area contributed by atoms with Gasteiger partial charge in [-0.3, -0.25) is 4.79 Å². The zero-order valence-electron chi connectivity index (χ0n) is 17.2. The van der Waals surface area contributed by atoms with E-state index in [4.69, 9.17) is 9.47 Å². The number of hydrogen-bond donors (Lipinski definition) is 1. The van der Waals surface area contributed by atoms with Gasteiger partial charge >= 0.3 is 0 Å². The first-order valence-corrected chi connectivity index (χ1v) is 10.7. The van der Waals surface area contributed by atoms with Crippen LogP contribution in [0.1, 0.15) is 17.0 Å². The standard InChI is InChI=1S/C25H22N2O3S/c1-29-21-14-13-19(15-22(21)30-2)20-16-31-25(26-20)27-24(28)23(17-9-5-3-6-10-17)18-11-7-4-8-12-18/h3-16,23H,1-2H3,(H,26,27,28). The molecule has 0 fully saturated rings. The van der Waals surface area contributed by atoms with Gasteiger partial charge in [0.15, 0.2) is 16.6 Å². The highest BCUT2D eigenvalue weighted by molar-refractivity contribution is 7.14. The Kier molecular flexibility index (Phi) is 6.29. The van der Waals surface area contributed by atoms with Crippen LogP contribution in [0.15, 0.2) is 84.2 Å². The van der Waals surface area contributed by atoms with Crippen LogP contribution in [0, 0.1) is 0 Å². The SMILES string of the molecule is COc1ccc(-c2csc(NC(=O)C(c3ccccc3)c3ccccc3)n2)cc1OC. The van der Waals surface area contributed by atoms with Crippen molar-refractivity contribution in [2.24, 2.45) is 0 Å². The molecule has 0 atom stereocenters. The van der Waals surface area contributed by atoms with Crippen LogP contribution in [0.4, 0.5) is 5.13 Å². The van der Waals surface area contributed by atoms with Crippen molar-refractivity contribution in [1.82, 2.24) is 4.98 Å². The van der Waals surface area contributed by atoms with Gasteiger partial charge in [-0.1, -0.05) is 60.7 Å². The molecule has 0 unspecified atom stereocenters. The molecule has 1 amide bonds. The third-order valence-electron chi connectivity index (χ3n) is 4.94. The molecule has 1 heterocycles. The largest absolute Gasteiger partial charge is 0.493 e. The fraction of sp³-hybridized carbons (Fsp3) is 0.120. The molecule has 0 bridgehead atoms. The first kappa shape index (κ1) is 20.6. The van der Waals surface area contributed by atoms with E-state index in [1.165, 1.54) is 11.3 Å². The molecule has 0 aliphatic rings. The molecule has 0 saturated carbocycles. The number of nitrogens with one attached hydrogen (secondary N) is 1. The van der Waals surface area contributed by atoms with Crippen molar-refractivity contribution in [3.63, 3.8) is 0 Å². The Balaban J connectivity index is 1.59. The summed E-state index contributed by atoms with van der Waals surface area (Å²) in [5, 5.41) is 5.45. The van der Waals surface area contributed by atoms with E-state index in [0.29, 0.717) is 16.6 Å². The molecule has 0 radical (unpaired) electrons. The first-order valence-electron chi connectivity index (χ1n) is 9.78. The first-order chi connectivity index (χ1) is 15.2. The van der Waals surface area contributed by atoms with Crippen LogP contribution < -0.4 is 14.8 Å². The van der Waals surface area contributed by atoms with Gasteiger partial charge in [0, 0.05) is 10.9 Å². The molecule has 0 aliphatic carbocycles. The lowest BCUT2D eigenvalue weighted by atomic mass is 9.90. The number of thiazole rings is 1. The molecule has 0 saturated heterocycles. The van der Waals surface area contributed by atoms with Crippen molar-refractivity contribution in [2.75, 3.05) is 19.5 Å². The third-order valence-corrected chi connectivity index (χ3v) is 5.70. The highest BCUT2D eigenvalue weighted by atomic mass is 32.1. The predicted octanol–water partition coefficient (Wildman–Crippen LogP) is 5.60. The van der Waals surface area contributed by atoms with Gasteiger partial charge in [-0.25, -0.2) is 4.98 Å². The minimum atomic E-state index is -0.421. The van der Waals surface area contributed by atoms with Crippen molar-refractivity contribution in [1.29, 1.82) is 0 Å². The van der Waals surface area contributed by atoms with E-state index in [9.17, 15) is 4.79 Å². The summed E-state index contributed by atoms with van der Waals surface area (Å²) in [5.74, 6) is 0.747. The fourth-order valence-electron chi connectivity index (χ4n) is 3.42. The van der Waals surface area contributed by atoms with Gasteiger partial charge < -0.3 is 14.8 Å². The zero-order chi connectivity index (χ0) is 21.6. The Hall–Kier alpha value is -3.64. The van der Waals surface area contributed by atoms with E-state index in [2.05, 4.69) is 10.3 Å². The van der Waals surface area contributed by atoms with Gasteiger partial charge in [0.1, 0.15) is 0 Å². The van der Waals surface area contributed by atoms with E-state index < -0.39 is 5.92 Å². The van der Waals surface area contributed by atoms with Crippen molar-refractivity contribution in [2.45, 2.75) is 5.92 Å². The number of nitrogens with zero attached hydrogens (tertiary/aromatic N) is 1. The maximum atomic E-state index is 13.3. The maximum absolute atomic E-state index is 13.3. The summed E-state index contributed by atoms with van der Waals surface area (Å²) < 4.78 is 10.7. The molecule has 1 N–H and O–H groups in total. The number of anilines is 1. The predicted molar refractivity (Wildman–Crippen MR) is 124 cm³/mol. The quantitative estimate of drug-likeness (QED) is 0.415. The number of carbonyl (C=O) groups is 1. The second-order valence-electron chi connectivity index (χ2n) is 6.85. The normalized spacial score (nSPS) is 10.7. The number of aromatic nitrogens is 1. The number of ether oxygens (including phenoxy) is 2. The average molecular weight is 431 g/mol. The van der Waals surface area contributed by atoms with Gasteiger partial charge in [0.05, 0.1) is 25.8 Å².